The molecule has 1 aliphatic carbocycles. The Hall–Kier alpha value is -4.69. The summed E-state index contributed by atoms with van der Waals surface area (Å²) in [4.78, 5) is 67.2. The molecule has 242 valence electrons. The molecule has 1 aromatic carbocycles. The largest absolute Gasteiger partial charge is 0.458 e. The van der Waals surface area contributed by atoms with Crippen molar-refractivity contribution in [3.8, 4) is 11.4 Å². The van der Waals surface area contributed by atoms with Gasteiger partial charge in [0.2, 0.25) is 5.91 Å². The van der Waals surface area contributed by atoms with E-state index in [-0.39, 0.29) is 62.7 Å². The number of Topliss-reactive ketones (excluding diaryl/α,β-unsaturated/α-hetero) is 1. The summed E-state index contributed by atoms with van der Waals surface area (Å²) in [6.07, 6.45) is 0.180. The van der Waals surface area contributed by atoms with Gasteiger partial charge in [-0.15, -0.1) is 0 Å². The number of alkyl carbamates (subject to hydrolysis) is 1. The SMILES string of the molecule is CC[C@@]1(O)C(=O)OCc2c1cc1n(c2=O)Cc2c-1nc1cc(F)c(C)c3c1c2[C@@H](NC(=O)COCCC(=O)CNC(=O)OC)CC3. The van der Waals surface area contributed by atoms with E-state index >= 15 is 4.39 Å². The number of fused-ring (bicyclic) bond motifs is 5. The molecule has 46 heavy (non-hydrogen) atoms. The van der Waals surface area contributed by atoms with Crippen LogP contribution in [0.1, 0.15) is 65.6 Å². The molecule has 0 saturated carbocycles. The van der Waals surface area contributed by atoms with Gasteiger partial charge < -0.3 is 34.5 Å². The maximum absolute atomic E-state index is 15.1. The minimum absolute atomic E-state index is 0.00640. The molecular weight excluding hydrogens is 603 g/mol. The first-order valence-electron chi connectivity index (χ1n) is 15.0. The highest BCUT2D eigenvalue weighted by Crippen LogP contribution is 2.45. The standard InChI is InChI=1S/C32H33FN4O9/c1-4-32(43)20-9-24-28-18(12-37(24)29(40)19(20)13-46-30(32)41)27-22(6-5-17-15(2)21(33)10-23(36-28)26(17)27)35-25(39)14-45-8-7-16(38)11-34-31(42)44-3/h9-10,22,43H,4-8,11-14H2,1-3H3,(H,34,42)(H,35,39)/t22-,32-/m0/s1. The van der Waals surface area contributed by atoms with Gasteiger partial charge >= 0.3 is 12.1 Å². The number of amides is 2. The minimum Gasteiger partial charge on any atom is -0.458 e. The number of benzene rings is 1. The zero-order valence-electron chi connectivity index (χ0n) is 25.6. The molecular formula is C32H33FN4O9. The van der Waals surface area contributed by atoms with Gasteiger partial charge in [-0.25, -0.2) is 19.0 Å². The predicted octanol–water partition coefficient (Wildman–Crippen LogP) is 1.96. The first-order valence-corrected chi connectivity index (χ1v) is 15.0. The number of methoxy groups -OCH3 is 1. The van der Waals surface area contributed by atoms with Gasteiger partial charge in [-0.1, -0.05) is 6.92 Å². The number of hydrogen-bond donors (Lipinski definition) is 3. The van der Waals surface area contributed by atoms with E-state index in [1.807, 2.05) is 0 Å². The number of nitrogens with zero attached hydrogens (tertiary/aromatic N) is 2. The van der Waals surface area contributed by atoms with Crippen molar-refractivity contribution < 1.29 is 42.9 Å². The van der Waals surface area contributed by atoms with E-state index < -0.39 is 41.0 Å². The van der Waals surface area contributed by atoms with Crippen LogP contribution in [-0.4, -0.2) is 65.3 Å². The second-order valence-corrected chi connectivity index (χ2v) is 11.7. The van der Waals surface area contributed by atoms with Crippen LogP contribution in [0.15, 0.2) is 16.9 Å². The Morgan fingerprint density at radius 3 is 2.74 bits per heavy atom. The Balaban J connectivity index is 1.32. The lowest BCUT2D eigenvalue weighted by Crippen LogP contribution is -2.44. The second-order valence-electron chi connectivity index (χ2n) is 11.7. The molecule has 2 aliphatic heterocycles. The van der Waals surface area contributed by atoms with Gasteiger partial charge in [-0.2, -0.15) is 0 Å². The summed E-state index contributed by atoms with van der Waals surface area (Å²) in [7, 11) is 1.19. The van der Waals surface area contributed by atoms with E-state index in [0.29, 0.717) is 46.3 Å². The number of cyclic esters (lactones) is 1. The third kappa shape index (κ3) is 5.10. The van der Waals surface area contributed by atoms with E-state index in [0.717, 1.165) is 11.1 Å². The molecule has 14 heteroatoms. The summed E-state index contributed by atoms with van der Waals surface area (Å²) in [5, 5.41) is 17.2. The fraction of sp³-hybridized carbons (Fsp3) is 0.438. The second kappa shape index (κ2) is 11.9. The average Bonchev–Trinajstić information content (AvgIpc) is 3.41. The summed E-state index contributed by atoms with van der Waals surface area (Å²) in [6, 6.07) is 2.42. The number of carbonyl (C=O) groups is 4. The van der Waals surface area contributed by atoms with Gasteiger partial charge in [0, 0.05) is 29.0 Å². The van der Waals surface area contributed by atoms with E-state index in [4.69, 9.17) is 14.5 Å². The van der Waals surface area contributed by atoms with Crippen LogP contribution in [0.4, 0.5) is 9.18 Å². The molecule has 2 atom stereocenters. The number of aliphatic hydroxyl groups is 1. The van der Waals surface area contributed by atoms with Crippen molar-refractivity contribution in [3.05, 3.63) is 61.7 Å². The minimum atomic E-state index is -1.99. The molecule has 13 nitrogen and oxygen atoms in total. The molecule has 3 aromatic rings. The third-order valence-corrected chi connectivity index (χ3v) is 9.09. The Kier molecular flexibility index (Phi) is 8.11. The van der Waals surface area contributed by atoms with Crippen LogP contribution >= 0.6 is 0 Å². The fourth-order valence-corrected chi connectivity index (χ4v) is 6.62. The summed E-state index contributed by atoms with van der Waals surface area (Å²) in [5.41, 5.74) is 1.76. The number of ether oxygens (including phenoxy) is 3. The van der Waals surface area contributed by atoms with Crippen LogP contribution in [0.2, 0.25) is 0 Å². The van der Waals surface area contributed by atoms with E-state index in [1.54, 1.807) is 19.9 Å². The number of halogens is 1. The van der Waals surface area contributed by atoms with Crippen molar-refractivity contribution in [2.45, 2.75) is 64.3 Å². The van der Waals surface area contributed by atoms with Crippen molar-refractivity contribution in [1.29, 1.82) is 0 Å². The van der Waals surface area contributed by atoms with Gasteiger partial charge in [0.1, 0.15) is 19.0 Å². The molecule has 0 bridgehead atoms. The summed E-state index contributed by atoms with van der Waals surface area (Å²) >= 11 is 0. The number of rotatable bonds is 9. The first-order chi connectivity index (χ1) is 22.0. The lowest BCUT2D eigenvalue weighted by molar-refractivity contribution is -0.172. The van der Waals surface area contributed by atoms with Gasteiger partial charge in [-0.05, 0) is 48.9 Å². The van der Waals surface area contributed by atoms with Crippen molar-refractivity contribution in [3.63, 3.8) is 0 Å². The highest BCUT2D eigenvalue weighted by atomic mass is 19.1. The molecule has 0 unspecified atom stereocenters. The number of aryl methyl sites for hydroxylation is 1. The fourth-order valence-electron chi connectivity index (χ4n) is 6.62. The summed E-state index contributed by atoms with van der Waals surface area (Å²) in [5.74, 6) is -1.98. The zero-order chi connectivity index (χ0) is 32.9. The Morgan fingerprint density at radius 2 is 2.00 bits per heavy atom. The summed E-state index contributed by atoms with van der Waals surface area (Å²) in [6.45, 7) is 2.59. The number of esters is 1. The molecule has 3 aliphatic rings. The van der Waals surface area contributed by atoms with Crippen molar-refractivity contribution in [2.75, 3.05) is 26.9 Å². The van der Waals surface area contributed by atoms with E-state index in [1.165, 1.54) is 17.7 Å². The normalized spacial score (nSPS) is 19.2. The third-order valence-electron chi connectivity index (χ3n) is 9.09. The molecule has 6 rings (SSSR count). The molecule has 0 spiro atoms. The van der Waals surface area contributed by atoms with Crippen LogP contribution in [-0.2, 0) is 53.8 Å². The molecule has 0 radical (unpaired) electrons. The van der Waals surface area contributed by atoms with Gasteiger partial charge in [0.15, 0.2) is 11.4 Å². The van der Waals surface area contributed by atoms with Crippen LogP contribution in [0.3, 0.4) is 0 Å². The number of hydrogen-bond acceptors (Lipinski definition) is 10. The Morgan fingerprint density at radius 1 is 1.22 bits per heavy atom. The molecule has 0 saturated heterocycles. The van der Waals surface area contributed by atoms with Crippen LogP contribution in [0, 0.1) is 12.7 Å². The van der Waals surface area contributed by atoms with Gasteiger partial charge in [0.05, 0.1) is 55.3 Å². The van der Waals surface area contributed by atoms with Crippen molar-refractivity contribution in [1.82, 2.24) is 20.2 Å². The molecule has 3 N–H and O–H groups in total. The smallest absolute Gasteiger partial charge is 0.407 e. The zero-order valence-corrected chi connectivity index (χ0v) is 25.6. The Bertz CT molecular complexity index is 1890. The van der Waals surface area contributed by atoms with Crippen LogP contribution < -0.4 is 16.2 Å². The lowest BCUT2D eigenvalue weighted by Gasteiger charge is -2.31. The number of nitrogens with one attached hydrogen (secondary N) is 2. The monoisotopic (exact) mass is 636 g/mol. The van der Waals surface area contributed by atoms with Crippen LogP contribution in [0.25, 0.3) is 22.3 Å². The maximum atomic E-state index is 15.1. The van der Waals surface area contributed by atoms with Crippen molar-refractivity contribution in [2.24, 2.45) is 0 Å². The number of pyridine rings is 2. The lowest BCUT2D eigenvalue weighted by atomic mass is 9.81. The molecule has 2 amide bonds. The number of aromatic nitrogens is 2. The van der Waals surface area contributed by atoms with Crippen LogP contribution in [0.5, 0.6) is 0 Å². The molecule has 2 aromatic heterocycles. The van der Waals surface area contributed by atoms with Crippen molar-refractivity contribution >= 4 is 34.7 Å². The molecule has 0 fully saturated rings. The first kappa shape index (κ1) is 31.3. The number of ketones is 1. The highest BCUT2D eigenvalue weighted by Gasteiger charge is 2.46. The molecule has 4 heterocycles. The topological polar surface area (TPSA) is 175 Å². The Labute approximate surface area is 262 Å². The van der Waals surface area contributed by atoms with Gasteiger partial charge in [-0.3, -0.25) is 14.4 Å². The quantitative estimate of drug-likeness (QED) is 0.182. The van der Waals surface area contributed by atoms with E-state index in [9.17, 15) is 29.1 Å². The highest BCUT2D eigenvalue weighted by molar-refractivity contribution is 5.94. The predicted molar refractivity (Wildman–Crippen MR) is 159 cm³/mol. The van der Waals surface area contributed by atoms with Gasteiger partial charge in [0.25, 0.3) is 5.56 Å². The van der Waals surface area contributed by atoms with E-state index in [2.05, 4.69) is 15.4 Å². The average molecular weight is 637 g/mol. The maximum Gasteiger partial charge on any atom is 0.407 e. The number of carbonyl (C=O) groups excluding carboxylic acids is 4. The summed E-state index contributed by atoms with van der Waals surface area (Å²) < 4.78 is 31.6.